The quantitative estimate of drug-likeness (QED) is 0.607. The van der Waals surface area contributed by atoms with E-state index in [9.17, 15) is 4.79 Å². The van der Waals surface area contributed by atoms with Crippen molar-refractivity contribution < 1.29 is 0 Å². The van der Waals surface area contributed by atoms with Gasteiger partial charge < -0.3 is 4.98 Å². The van der Waals surface area contributed by atoms with Crippen molar-refractivity contribution in [3.63, 3.8) is 0 Å². The van der Waals surface area contributed by atoms with Crippen LogP contribution in [0, 0.1) is 0 Å². The minimum Gasteiger partial charge on any atom is -0.305 e. The minimum atomic E-state index is -0.0544. The van der Waals surface area contributed by atoms with Crippen LogP contribution in [0.2, 0.25) is 0 Å². The summed E-state index contributed by atoms with van der Waals surface area (Å²) >= 11 is 1.46. The maximum absolute atomic E-state index is 11.6. The number of rotatable bonds is 0. The number of hydrogen-bond donors (Lipinski definition) is 1. The summed E-state index contributed by atoms with van der Waals surface area (Å²) in [6.45, 7) is 0. The van der Waals surface area contributed by atoms with Crippen LogP contribution in [0.1, 0.15) is 0 Å². The Morgan fingerprint density at radius 2 is 2.21 bits per heavy atom. The molecule has 3 heterocycles. The van der Waals surface area contributed by atoms with Gasteiger partial charge in [-0.25, -0.2) is 4.98 Å². The van der Waals surface area contributed by atoms with Crippen molar-refractivity contribution in [1.82, 2.24) is 9.97 Å². The van der Waals surface area contributed by atoms with Crippen LogP contribution < -0.4 is 5.56 Å². The van der Waals surface area contributed by atoms with Crippen molar-refractivity contribution in [2.75, 3.05) is 0 Å². The van der Waals surface area contributed by atoms with E-state index in [1.165, 1.54) is 11.3 Å². The Bertz CT molecular complexity index is 668. The molecular weight excluding hydrogens is 196 g/mol. The van der Waals surface area contributed by atoms with Crippen LogP contribution in [0.5, 0.6) is 0 Å². The summed E-state index contributed by atoms with van der Waals surface area (Å²) in [6.07, 6.45) is 1.68. The molecule has 0 bridgehead atoms. The first-order valence-corrected chi connectivity index (χ1v) is 5.08. The SMILES string of the molecule is O=c1[nH]c2ncccc2c2ccsc12. The van der Waals surface area contributed by atoms with Gasteiger partial charge in [-0.15, -0.1) is 11.3 Å². The van der Waals surface area contributed by atoms with E-state index in [2.05, 4.69) is 9.97 Å². The fourth-order valence-corrected chi connectivity index (χ4v) is 2.39. The molecule has 0 radical (unpaired) electrons. The summed E-state index contributed by atoms with van der Waals surface area (Å²) < 4.78 is 0.769. The monoisotopic (exact) mass is 202 g/mol. The Labute approximate surface area is 83.0 Å². The summed E-state index contributed by atoms with van der Waals surface area (Å²) in [5.74, 6) is 0. The lowest BCUT2D eigenvalue weighted by molar-refractivity contribution is 1.26. The predicted octanol–water partition coefficient (Wildman–Crippen LogP) is 2.14. The topological polar surface area (TPSA) is 45.8 Å². The van der Waals surface area contributed by atoms with Gasteiger partial charge in [0.1, 0.15) is 10.3 Å². The maximum Gasteiger partial charge on any atom is 0.267 e. The van der Waals surface area contributed by atoms with Gasteiger partial charge >= 0.3 is 0 Å². The van der Waals surface area contributed by atoms with Gasteiger partial charge in [0.25, 0.3) is 5.56 Å². The second kappa shape index (κ2) is 2.65. The van der Waals surface area contributed by atoms with E-state index in [0.717, 1.165) is 15.5 Å². The number of H-pyrrole nitrogens is 1. The highest BCUT2D eigenvalue weighted by Gasteiger charge is 2.05. The normalized spacial score (nSPS) is 11.1. The fourth-order valence-electron chi connectivity index (χ4n) is 1.58. The molecule has 0 aliphatic heterocycles. The van der Waals surface area contributed by atoms with Gasteiger partial charge in [-0.1, -0.05) is 0 Å². The lowest BCUT2D eigenvalue weighted by Gasteiger charge is -1.96. The molecule has 0 fully saturated rings. The van der Waals surface area contributed by atoms with Crippen LogP contribution in [0.15, 0.2) is 34.6 Å². The Balaban J connectivity index is 2.73. The lowest BCUT2D eigenvalue weighted by atomic mass is 10.2. The summed E-state index contributed by atoms with van der Waals surface area (Å²) in [5.41, 5.74) is 0.601. The van der Waals surface area contributed by atoms with Gasteiger partial charge in [0.05, 0.1) is 0 Å². The van der Waals surface area contributed by atoms with Crippen molar-refractivity contribution in [2.45, 2.75) is 0 Å². The number of aromatic nitrogens is 2. The van der Waals surface area contributed by atoms with Gasteiger partial charge in [-0.3, -0.25) is 4.79 Å². The highest BCUT2D eigenvalue weighted by molar-refractivity contribution is 7.17. The molecule has 0 unspecified atom stereocenters. The first-order chi connectivity index (χ1) is 6.86. The maximum atomic E-state index is 11.6. The molecule has 4 heteroatoms. The number of nitrogens with zero attached hydrogens (tertiary/aromatic N) is 1. The summed E-state index contributed by atoms with van der Waals surface area (Å²) in [4.78, 5) is 18.5. The highest BCUT2D eigenvalue weighted by Crippen LogP contribution is 2.23. The molecule has 3 aromatic heterocycles. The second-order valence-electron chi connectivity index (χ2n) is 3.02. The van der Waals surface area contributed by atoms with Crippen molar-refractivity contribution >= 4 is 32.5 Å². The summed E-state index contributed by atoms with van der Waals surface area (Å²) in [6, 6.07) is 5.80. The first-order valence-electron chi connectivity index (χ1n) is 4.20. The second-order valence-corrected chi connectivity index (χ2v) is 3.93. The Kier molecular flexibility index (Phi) is 1.46. The van der Waals surface area contributed by atoms with Crippen molar-refractivity contribution in [1.29, 1.82) is 0 Å². The third kappa shape index (κ3) is 0.914. The zero-order valence-corrected chi connectivity index (χ0v) is 7.97. The van der Waals surface area contributed by atoms with Crippen LogP contribution in [0.4, 0.5) is 0 Å². The predicted molar refractivity (Wildman–Crippen MR) is 57.7 cm³/mol. The molecule has 0 aromatic carbocycles. The standard InChI is InChI=1S/C10H6N2OS/c13-10-8-6(3-5-14-8)7-2-1-4-11-9(7)12-10/h1-5H,(H,11,12,13). The van der Waals surface area contributed by atoms with Gasteiger partial charge in [0.2, 0.25) is 0 Å². The van der Waals surface area contributed by atoms with Crippen LogP contribution in [-0.4, -0.2) is 9.97 Å². The van der Waals surface area contributed by atoms with Crippen LogP contribution in [0.3, 0.4) is 0 Å². The molecule has 0 saturated carbocycles. The van der Waals surface area contributed by atoms with E-state index in [1.807, 2.05) is 23.6 Å². The van der Waals surface area contributed by atoms with Gasteiger partial charge in [0.15, 0.2) is 0 Å². The third-order valence-electron chi connectivity index (χ3n) is 2.20. The molecule has 0 spiro atoms. The smallest absolute Gasteiger partial charge is 0.267 e. The number of fused-ring (bicyclic) bond motifs is 3. The van der Waals surface area contributed by atoms with E-state index in [-0.39, 0.29) is 5.56 Å². The third-order valence-corrected chi connectivity index (χ3v) is 3.11. The molecule has 1 N–H and O–H groups in total. The first kappa shape index (κ1) is 7.70. The molecule has 68 valence electrons. The molecule has 0 aliphatic rings. The summed E-state index contributed by atoms with van der Waals surface area (Å²) in [7, 11) is 0. The molecule has 0 atom stereocenters. The Morgan fingerprint density at radius 1 is 1.29 bits per heavy atom. The zero-order valence-electron chi connectivity index (χ0n) is 7.15. The Morgan fingerprint density at radius 3 is 3.14 bits per heavy atom. The molecule has 3 rings (SSSR count). The van der Waals surface area contributed by atoms with E-state index in [0.29, 0.717) is 5.65 Å². The molecular formula is C10H6N2OS. The number of pyridine rings is 2. The van der Waals surface area contributed by atoms with Crippen LogP contribution in [-0.2, 0) is 0 Å². The van der Waals surface area contributed by atoms with E-state index in [1.54, 1.807) is 6.20 Å². The van der Waals surface area contributed by atoms with E-state index in [4.69, 9.17) is 0 Å². The van der Waals surface area contributed by atoms with Crippen LogP contribution >= 0.6 is 11.3 Å². The number of aromatic amines is 1. The number of hydrogen-bond acceptors (Lipinski definition) is 3. The zero-order chi connectivity index (χ0) is 9.54. The summed E-state index contributed by atoms with van der Waals surface area (Å²) in [5, 5.41) is 3.91. The van der Waals surface area contributed by atoms with Gasteiger partial charge in [-0.2, -0.15) is 0 Å². The van der Waals surface area contributed by atoms with Crippen molar-refractivity contribution in [3.8, 4) is 0 Å². The van der Waals surface area contributed by atoms with Gasteiger partial charge in [0, 0.05) is 17.0 Å². The largest absolute Gasteiger partial charge is 0.305 e. The molecule has 0 amide bonds. The van der Waals surface area contributed by atoms with E-state index >= 15 is 0 Å². The van der Waals surface area contributed by atoms with Crippen LogP contribution in [0.25, 0.3) is 21.1 Å². The average Bonchev–Trinajstić information content (AvgIpc) is 2.67. The van der Waals surface area contributed by atoms with Gasteiger partial charge in [-0.05, 0) is 23.6 Å². The molecule has 0 aliphatic carbocycles. The van der Waals surface area contributed by atoms with Crippen molar-refractivity contribution in [2.24, 2.45) is 0 Å². The molecule has 14 heavy (non-hydrogen) atoms. The Hall–Kier alpha value is -1.68. The molecule has 3 aromatic rings. The highest BCUT2D eigenvalue weighted by atomic mass is 32.1. The lowest BCUT2D eigenvalue weighted by Crippen LogP contribution is -2.04. The minimum absolute atomic E-state index is 0.0544. The molecule has 3 nitrogen and oxygen atoms in total. The average molecular weight is 202 g/mol. The molecule has 0 saturated heterocycles. The number of thiophene rings is 1. The fraction of sp³-hybridized carbons (Fsp3) is 0. The van der Waals surface area contributed by atoms with Crippen molar-refractivity contribution in [3.05, 3.63) is 40.1 Å². The number of nitrogens with one attached hydrogen (secondary N) is 1. The van der Waals surface area contributed by atoms with E-state index < -0.39 is 0 Å².